The summed E-state index contributed by atoms with van der Waals surface area (Å²) in [5.41, 5.74) is 0. The molecular formula is C57H99NO3. The van der Waals surface area contributed by atoms with E-state index in [1.807, 2.05) is 6.08 Å². The molecule has 61 heavy (non-hydrogen) atoms. The van der Waals surface area contributed by atoms with E-state index >= 15 is 0 Å². The zero-order valence-electron chi connectivity index (χ0n) is 40.2. The Bertz CT molecular complexity index is 1140. The number of nitrogens with one attached hydrogen (secondary N) is 1. The van der Waals surface area contributed by atoms with Gasteiger partial charge in [-0.3, -0.25) is 4.79 Å². The molecule has 3 N–H and O–H groups in total. The number of carbonyl (C=O) groups is 1. The smallest absolute Gasteiger partial charge is 0.220 e. The number of hydrogen-bond donors (Lipinski definition) is 3. The van der Waals surface area contributed by atoms with Crippen molar-refractivity contribution in [3.63, 3.8) is 0 Å². The molecule has 350 valence electrons. The molecule has 0 aromatic heterocycles. The van der Waals surface area contributed by atoms with E-state index in [1.54, 1.807) is 6.08 Å². The van der Waals surface area contributed by atoms with Crippen LogP contribution in [0, 0.1) is 0 Å². The van der Waals surface area contributed by atoms with Crippen molar-refractivity contribution in [3.8, 4) is 0 Å². The van der Waals surface area contributed by atoms with Crippen LogP contribution >= 0.6 is 0 Å². The van der Waals surface area contributed by atoms with E-state index in [9.17, 15) is 15.0 Å². The molecule has 0 spiro atoms. The van der Waals surface area contributed by atoms with Crippen LogP contribution < -0.4 is 5.32 Å². The van der Waals surface area contributed by atoms with Gasteiger partial charge in [-0.1, -0.05) is 252 Å². The third kappa shape index (κ3) is 48.2. The van der Waals surface area contributed by atoms with E-state index in [4.69, 9.17) is 0 Å². The van der Waals surface area contributed by atoms with Crippen LogP contribution in [0.2, 0.25) is 0 Å². The molecule has 0 fully saturated rings. The third-order valence-corrected chi connectivity index (χ3v) is 11.3. The normalized spacial score (nSPS) is 13.7. The highest BCUT2D eigenvalue weighted by atomic mass is 16.3. The molecule has 2 unspecified atom stereocenters. The van der Waals surface area contributed by atoms with Crippen molar-refractivity contribution in [2.75, 3.05) is 6.61 Å². The quantitative estimate of drug-likeness (QED) is 0.0422. The van der Waals surface area contributed by atoms with Crippen molar-refractivity contribution in [1.29, 1.82) is 0 Å². The van der Waals surface area contributed by atoms with Crippen LogP contribution in [0.4, 0.5) is 0 Å². The average molecular weight is 846 g/mol. The Balaban J connectivity index is 3.62. The van der Waals surface area contributed by atoms with Gasteiger partial charge >= 0.3 is 0 Å². The fourth-order valence-corrected chi connectivity index (χ4v) is 7.39. The summed E-state index contributed by atoms with van der Waals surface area (Å²) in [5, 5.41) is 23.1. The summed E-state index contributed by atoms with van der Waals surface area (Å²) in [7, 11) is 0. The molecule has 0 aromatic rings. The lowest BCUT2D eigenvalue weighted by Gasteiger charge is -2.20. The number of allylic oxidation sites excluding steroid dienone is 15. The van der Waals surface area contributed by atoms with Crippen molar-refractivity contribution >= 4 is 5.91 Å². The summed E-state index contributed by atoms with van der Waals surface area (Å²) in [5.74, 6) is -0.0780. The maximum absolute atomic E-state index is 12.4. The maximum Gasteiger partial charge on any atom is 0.220 e. The number of carbonyl (C=O) groups excluding carboxylic acids is 1. The highest BCUT2D eigenvalue weighted by Crippen LogP contribution is 2.15. The lowest BCUT2D eigenvalue weighted by atomic mass is 10.0. The van der Waals surface area contributed by atoms with Crippen LogP contribution in [0.1, 0.15) is 239 Å². The predicted molar refractivity (Wildman–Crippen MR) is 271 cm³/mol. The molecule has 0 saturated heterocycles. The van der Waals surface area contributed by atoms with Crippen LogP contribution in [-0.4, -0.2) is 34.9 Å². The van der Waals surface area contributed by atoms with Gasteiger partial charge in [-0.05, 0) is 77.0 Å². The fourth-order valence-electron chi connectivity index (χ4n) is 7.39. The van der Waals surface area contributed by atoms with E-state index in [-0.39, 0.29) is 12.5 Å². The fraction of sp³-hybridized carbons (Fsp3) is 0.702. The Hall–Kier alpha value is -2.69. The molecule has 0 aliphatic heterocycles. The van der Waals surface area contributed by atoms with E-state index in [0.29, 0.717) is 6.42 Å². The zero-order chi connectivity index (χ0) is 44.2. The molecule has 0 aromatic carbocycles. The second-order valence-electron chi connectivity index (χ2n) is 17.2. The van der Waals surface area contributed by atoms with Gasteiger partial charge in [-0.25, -0.2) is 0 Å². The summed E-state index contributed by atoms with van der Waals surface area (Å²) in [4.78, 5) is 12.4. The predicted octanol–water partition coefficient (Wildman–Crippen LogP) is 17.0. The van der Waals surface area contributed by atoms with Crippen LogP contribution in [0.25, 0.3) is 0 Å². The Morgan fingerprint density at radius 2 is 0.721 bits per heavy atom. The number of aliphatic hydroxyl groups excluding tert-OH is 2. The van der Waals surface area contributed by atoms with Crippen LogP contribution in [-0.2, 0) is 4.79 Å². The second-order valence-corrected chi connectivity index (χ2v) is 17.2. The van der Waals surface area contributed by atoms with E-state index in [0.717, 1.165) is 83.5 Å². The number of aliphatic hydroxyl groups is 2. The first-order chi connectivity index (χ1) is 30.2. The van der Waals surface area contributed by atoms with Gasteiger partial charge in [0.05, 0.1) is 18.8 Å². The standard InChI is InChI=1S/C57H99NO3/c1-3-5-7-9-11-13-15-17-19-21-23-25-26-27-28-29-30-31-32-33-35-37-39-41-43-45-47-49-51-53-57(61)58-55(54-59)56(60)52-50-48-46-44-42-40-38-36-34-24-22-20-18-16-14-12-10-8-6-4-2/h5,7,11,13,17,19,23,25,27-28,30-31,33,35,50,52,55-56,59-60H,3-4,6,8-10,12,14-16,18,20-22,24,26,29,32,34,36-49,51,53-54H2,1-2H3,(H,58,61)/b7-5-,13-11-,19-17-,25-23-,28-27-,31-30-,35-33-,52-50+. The Morgan fingerprint density at radius 3 is 1.08 bits per heavy atom. The Morgan fingerprint density at radius 1 is 0.410 bits per heavy atom. The molecule has 4 heteroatoms. The van der Waals surface area contributed by atoms with Gasteiger partial charge in [0, 0.05) is 6.42 Å². The first-order valence-electron chi connectivity index (χ1n) is 26.0. The number of rotatable bonds is 46. The lowest BCUT2D eigenvalue weighted by molar-refractivity contribution is -0.123. The van der Waals surface area contributed by atoms with E-state index in [2.05, 4.69) is 104 Å². The summed E-state index contributed by atoms with van der Waals surface area (Å²) in [6.45, 7) is 4.20. The minimum Gasteiger partial charge on any atom is -0.394 e. The molecule has 0 radical (unpaired) electrons. The van der Waals surface area contributed by atoms with Gasteiger partial charge in [0.2, 0.25) is 5.91 Å². The first kappa shape index (κ1) is 58.3. The molecule has 0 aliphatic carbocycles. The van der Waals surface area contributed by atoms with Gasteiger partial charge in [0.25, 0.3) is 0 Å². The SMILES string of the molecule is CC/C=C\C/C=C\C/C=C\C/C=C\C/C=C\C/C=C\C/C=C\CCCCCCCCCC(=O)NC(CO)C(O)/C=C/CCCCCCCCCCCCCCCCCCCC. The molecule has 1 amide bonds. The minimum absolute atomic E-state index is 0.0780. The first-order valence-corrected chi connectivity index (χ1v) is 26.0. The summed E-state index contributed by atoms with van der Waals surface area (Å²) < 4.78 is 0. The minimum atomic E-state index is -0.851. The van der Waals surface area contributed by atoms with Crippen LogP contribution in [0.3, 0.4) is 0 Å². The number of unbranched alkanes of at least 4 members (excludes halogenated alkanes) is 25. The Kier molecular flexibility index (Phi) is 49.4. The second kappa shape index (κ2) is 51.7. The van der Waals surface area contributed by atoms with Crippen LogP contribution in [0.5, 0.6) is 0 Å². The summed E-state index contributed by atoms with van der Waals surface area (Å²) >= 11 is 0. The maximum atomic E-state index is 12.4. The van der Waals surface area contributed by atoms with Crippen molar-refractivity contribution in [2.24, 2.45) is 0 Å². The van der Waals surface area contributed by atoms with Gasteiger partial charge in [0.1, 0.15) is 0 Å². The Labute approximate surface area is 379 Å². The van der Waals surface area contributed by atoms with E-state index < -0.39 is 12.1 Å². The zero-order valence-corrected chi connectivity index (χ0v) is 40.2. The van der Waals surface area contributed by atoms with Gasteiger partial charge in [-0.2, -0.15) is 0 Å². The summed E-state index contributed by atoms with van der Waals surface area (Å²) in [6.07, 6.45) is 76.8. The monoisotopic (exact) mass is 846 g/mol. The van der Waals surface area contributed by atoms with Gasteiger partial charge in [0.15, 0.2) is 0 Å². The van der Waals surface area contributed by atoms with Crippen molar-refractivity contribution in [2.45, 2.75) is 251 Å². The topological polar surface area (TPSA) is 69.6 Å². The molecule has 0 bridgehead atoms. The summed E-state index contributed by atoms with van der Waals surface area (Å²) in [6, 6.07) is -0.635. The van der Waals surface area contributed by atoms with Crippen molar-refractivity contribution in [1.82, 2.24) is 5.32 Å². The molecule has 2 atom stereocenters. The van der Waals surface area contributed by atoms with Gasteiger partial charge < -0.3 is 15.5 Å². The largest absolute Gasteiger partial charge is 0.394 e. The van der Waals surface area contributed by atoms with Crippen LogP contribution in [0.15, 0.2) is 97.2 Å². The third-order valence-electron chi connectivity index (χ3n) is 11.3. The number of amides is 1. The molecule has 4 nitrogen and oxygen atoms in total. The molecule has 0 saturated carbocycles. The molecule has 0 aliphatic rings. The highest BCUT2D eigenvalue weighted by molar-refractivity contribution is 5.76. The molecule has 0 rings (SSSR count). The molecule has 0 heterocycles. The average Bonchev–Trinajstić information content (AvgIpc) is 3.26. The lowest BCUT2D eigenvalue weighted by Crippen LogP contribution is -2.45. The van der Waals surface area contributed by atoms with Crippen molar-refractivity contribution in [3.05, 3.63) is 97.2 Å². The van der Waals surface area contributed by atoms with Crippen molar-refractivity contribution < 1.29 is 15.0 Å². The molecular weight excluding hydrogens is 747 g/mol. The van der Waals surface area contributed by atoms with E-state index in [1.165, 1.54) is 135 Å². The number of hydrogen-bond acceptors (Lipinski definition) is 3. The highest BCUT2D eigenvalue weighted by Gasteiger charge is 2.18. The van der Waals surface area contributed by atoms with Gasteiger partial charge in [-0.15, -0.1) is 0 Å².